The molecule has 0 fully saturated rings. The largest absolute Gasteiger partial charge is 0.497 e. The Hall–Kier alpha value is -2.87. The lowest BCUT2D eigenvalue weighted by Gasteiger charge is -2.14. The summed E-state index contributed by atoms with van der Waals surface area (Å²) in [6.45, 7) is 1.14. The Balaban J connectivity index is 1.79. The number of esters is 1. The maximum absolute atomic E-state index is 12.1. The normalized spacial score (nSPS) is 11.3. The van der Waals surface area contributed by atoms with Gasteiger partial charge < -0.3 is 20.1 Å². The van der Waals surface area contributed by atoms with Crippen LogP contribution in [0.4, 0.5) is 5.69 Å². The molecule has 0 aliphatic rings. The molecular weight excluding hydrogens is 344 g/mol. The summed E-state index contributed by atoms with van der Waals surface area (Å²) in [7, 11) is 1.52. The maximum atomic E-state index is 12.1. The molecule has 0 saturated heterocycles. The van der Waals surface area contributed by atoms with E-state index in [1.165, 1.54) is 25.4 Å². The van der Waals surface area contributed by atoms with E-state index in [0.29, 0.717) is 16.3 Å². The number of thiophene rings is 1. The lowest BCUT2D eigenvalue weighted by atomic mass is 10.3. The Morgan fingerprint density at radius 1 is 1.20 bits per heavy atom. The smallest absolute Gasteiger partial charge is 0.326 e. The molecule has 0 radical (unpaired) electrons. The summed E-state index contributed by atoms with van der Waals surface area (Å²) in [5, 5.41) is 6.83. The zero-order valence-electron chi connectivity index (χ0n) is 13.8. The van der Waals surface area contributed by atoms with Crippen LogP contribution < -0.4 is 15.4 Å². The summed E-state index contributed by atoms with van der Waals surface area (Å²) in [5.74, 6) is -0.941. The van der Waals surface area contributed by atoms with Crippen LogP contribution in [-0.4, -0.2) is 37.5 Å². The Kier molecular flexibility index (Phi) is 6.53. The number of anilines is 1. The minimum Gasteiger partial charge on any atom is -0.497 e. The first-order valence-corrected chi connectivity index (χ1v) is 8.33. The number of methoxy groups -OCH3 is 1. The number of hydrogen-bond donors (Lipinski definition) is 2. The molecule has 2 N–H and O–H groups in total. The van der Waals surface area contributed by atoms with E-state index < -0.39 is 18.0 Å². The van der Waals surface area contributed by atoms with Gasteiger partial charge in [0.25, 0.3) is 11.8 Å². The Labute approximate surface area is 148 Å². The number of ether oxygens (including phenoxy) is 2. The Morgan fingerprint density at radius 2 is 2.00 bits per heavy atom. The number of carbonyl (C=O) groups is 3. The molecule has 0 saturated carbocycles. The minimum absolute atomic E-state index is 0.312. The second-order valence-electron chi connectivity index (χ2n) is 5.01. The molecule has 0 aliphatic heterocycles. The number of amides is 2. The van der Waals surface area contributed by atoms with E-state index in [1.807, 2.05) is 0 Å². The van der Waals surface area contributed by atoms with Crippen molar-refractivity contribution in [1.29, 1.82) is 0 Å². The predicted molar refractivity (Wildman–Crippen MR) is 93.8 cm³/mol. The van der Waals surface area contributed by atoms with E-state index in [4.69, 9.17) is 9.47 Å². The van der Waals surface area contributed by atoms with Crippen LogP contribution in [0.3, 0.4) is 0 Å². The van der Waals surface area contributed by atoms with Crippen LogP contribution in [0.5, 0.6) is 5.75 Å². The van der Waals surface area contributed by atoms with Crippen LogP contribution in [-0.2, 0) is 14.3 Å². The zero-order chi connectivity index (χ0) is 18.2. The summed E-state index contributed by atoms with van der Waals surface area (Å²) < 4.78 is 10.1. The third-order valence-electron chi connectivity index (χ3n) is 3.15. The van der Waals surface area contributed by atoms with Gasteiger partial charge in [-0.15, -0.1) is 11.3 Å². The predicted octanol–water partition coefficient (Wildman–Crippen LogP) is 2.06. The molecular formula is C17H18N2O5S. The molecule has 8 heteroatoms. The number of rotatable bonds is 7. The van der Waals surface area contributed by atoms with Gasteiger partial charge in [0, 0.05) is 11.8 Å². The second-order valence-corrected chi connectivity index (χ2v) is 5.96. The summed E-state index contributed by atoms with van der Waals surface area (Å²) in [6, 6.07) is 10.2. The van der Waals surface area contributed by atoms with Gasteiger partial charge in [0.1, 0.15) is 12.3 Å². The SMILES string of the molecule is COc1cccc(NC(=O)[C@H](C)OC(=O)CNC(=O)c2cccs2)c1. The van der Waals surface area contributed by atoms with Crippen LogP contribution in [0.2, 0.25) is 0 Å². The summed E-state index contributed by atoms with van der Waals surface area (Å²) >= 11 is 1.27. The van der Waals surface area contributed by atoms with E-state index in [9.17, 15) is 14.4 Å². The van der Waals surface area contributed by atoms with Gasteiger partial charge in [0.15, 0.2) is 6.10 Å². The fourth-order valence-corrected chi connectivity index (χ4v) is 2.52. The molecule has 0 aliphatic carbocycles. The van der Waals surface area contributed by atoms with E-state index >= 15 is 0 Å². The van der Waals surface area contributed by atoms with Crippen LogP contribution in [0, 0.1) is 0 Å². The van der Waals surface area contributed by atoms with Crippen LogP contribution in [0.25, 0.3) is 0 Å². The van der Waals surface area contributed by atoms with E-state index in [-0.39, 0.29) is 12.5 Å². The van der Waals surface area contributed by atoms with Crippen molar-refractivity contribution >= 4 is 34.8 Å². The molecule has 2 aromatic rings. The van der Waals surface area contributed by atoms with E-state index in [0.717, 1.165) is 0 Å². The molecule has 0 spiro atoms. The highest BCUT2D eigenvalue weighted by Crippen LogP contribution is 2.17. The van der Waals surface area contributed by atoms with Gasteiger partial charge in [0.2, 0.25) is 0 Å². The molecule has 2 rings (SSSR count). The fourth-order valence-electron chi connectivity index (χ4n) is 1.88. The molecule has 1 aromatic heterocycles. The molecule has 1 atom stereocenters. The molecule has 25 heavy (non-hydrogen) atoms. The molecule has 132 valence electrons. The second kappa shape index (κ2) is 8.84. The first-order chi connectivity index (χ1) is 12.0. The van der Waals surface area contributed by atoms with Crippen molar-refractivity contribution in [3.05, 3.63) is 46.7 Å². The van der Waals surface area contributed by atoms with Gasteiger partial charge in [-0.05, 0) is 30.5 Å². The van der Waals surface area contributed by atoms with Crippen LogP contribution >= 0.6 is 11.3 Å². The molecule has 0 bridgehead atoms. The van der Waals surface area contributed by atoms with Crippen molar-refractivity contribution < 1.29 is 23.9 Å². The average Bonchev–Trinajstić information content (AvgIpc) is 3.14. The van der Waals surface area contributed by atoms with Gasteiger partial charge in [-0.1, -0.05) is 12.1 Å². The van der Waals surface area contributed by atoms with Gasteiger partial charge >= 0.3 is 5.97 Å². The Morgan fingerprint density at radius 3 is 2.68 bits per heavy atom. The van der Waals surface area contributed by atoms with Gasteiger partial charge in [0.05, 0.1) is 12.0 Å². The van der Waals surface area contributed by atoms with Crippen molar-refractivity contribution in [1.82, 2.24) is 5.32 Å². The average molecular weight is 362 g/mol. The van der Waals surface area contributed by atoms with E-state index in [2.05, 4.69) is 10.6 Å². The quantitative estimate of drug-likeness (QED) is 0.736. The van der Waals surface area contributed by atoms with Crippen molar-refractivity contribution in [2.75, 3.05) is 19.0 Å². The van der Waals surface area contributed by atoms with Gasteiger partial charge in [-0.25, -0.2) is 0 Å². The molecule has 2 amide bonds. The van der Waals surface area contributed by atoms with Crippen molar-refractivity contribution in [3.63, 3.8) is 0 Å². The van der Waals surface area contributed by atoms with Crippen molar-refractivity contribution in [2.45, 2.75) is 13.0 Å². The first kappa shape index (κ1) is 18.5. The maximum Gasteiger partial charge on any atom is 0.326 e. The molecule has 7 nitrogen and oxygen atoms in total. The summed E-state index contributed by atoms with van der Waals surface area (Å²) in [6.07, 6.45) is -1.00. The van der Waals surface area contributed by atoms with Crippen molar-refractivity contribution in [2.24, 2.45) is 0 Å². The standard InChI is InChI=1S/C17H18N2O5S/c1-11(16(21)19-12-5-3-6-13(9-12)23-2)24-15(20)10-18-17(22)14-7-4-8-25-14/h3-9,11H,10H2,1-2H3,(H,18,22)(H,19,21)/t11-/m0/s1. The lowest BCUT2D eigenvalue weighted by Crippen LogP contribution is -2.35. The van der Waals surface area contributed by atoms with Crippen molar-refractivity contribution in [3.8, 4) is 5.75 Å². The topological polar surface area (TPSA) is 93.7 Å². The highest BCUT2D eigenvalue weighted by Gasteiger charge is 2.19. The number of carbonyl (C=O) groups excluding carboxylic acids is 3. The van der Waals surface area contributed by atoms with Gasteiger partial charge in [-0.2, -0.15) is 0 Å². The monoisotopic (exact) mass is 362 g/mol. The third kappa shape index (κ3) is 5.61. The highest BCUT2D eigenvalue weighted by molar-refractivity contribution is 7.12. The van der Waals surface area contributed by atoms with Gasteiger partial charge in [-0.3, -0.25) is 14.4 Å². The molecule has 1 heterocycles. The van der Waals surface area contributed by atoms with Crippen LogP contribution in [0.1, 0.15) is 16.6 Å². The highest BCUT2D eigenvalue weighted by atomic mass is 32.1. The zero-order valence-corrected chi connectivity index (χ0v) is 14.6. The first-order valence-electron chi connectivity index (χ1n) is 7.45. The Bertz CT molecular complexity index is 745. The number of benzene rings is 1. The summed E-state index contributed by atoms with van der Waals surface area (Å²) in [4.78, 5) is 36.0. The minimum atomic E-state index is -1.00. The number of hydrogen-bond acceptors (Lipinski definition) is 6. The van der Waals surface area contributed by atoms with Crippen LogP contribution in [0.15, 0.2) is 41.8 Å². The fraction of sp³-hybridized carbons (Fsp3) is 0.235. The summed E-state index contributed by atoms with van der Waals surface area (Å²) in [5.41, 5.74) is 0.526. The third-order valence-corrected chi connectivity index (χ3v) is 4.02. The molecule has 1 aromatic carbocycles. The number of nitrogens with one attached hydrogen (secondary N) is 2. The van der Waals surface area contributed by atoms with E-state index in [1.54, 1.807) is 41.8 Å². The molecule has 0 unspecified atom stereocenters. The lowest BCUT2D eigenvalue weighted by molar-refractivity contribution is -0.152.